The summed E-state index contributed by atoms with van der Waals surface area (Å²) in [5.74, 6) is 0.0886. The lowest BCUT2D eigenvalue weighted by atomic mass is 9.71. The summed E-state index contributed by atoms with van der Waals surface area (Å²) in [4.78, 5) is 15.7. The smallest absolute Gasteiger partial charge is 0.253 e. The van der Waals surface area contributed by atoms with E-state index in [0.29, 0.717) is 15.6 Å². The lowest BCUT2D eigenvalue weighted by Gasteiger charge is -2.42. The molecule has 1 heterocycles. The highest BCUT2D eigenvalue weighted by molar-refractivity contribution is 6.31. The van der Waals surface area contributed by atoms with Crippen molar-refractivity contribution >= 4 is 29.1 Å². The topological polar surface area (TPSA) is 20.3 Å². The molecular weight excluding hydrogens is 485 g/mol. The number of hydrogen-bond donors (Lipinski definition) is 0. The molecule has 0 radical (unpaired) electrons. The van der Waals surface area contributed by atoms with E-state index in [2.05, 4.69) is 37.3 Å². The summed E-state index contributed by atoms with van der Waals surface area (Å²) in [6.45, 7) is 3.78. The summed E-state index contributed by atoms with van der Waals surface area (Å²) in [5, 5.41) is 1.38. The molecule has 1 fully saturated rings. The summed E-state index contributed by atoms with van der Waals surface area (Å²) in [5.41, 5.74) is 6.37. The van der Waals surface area contributed by atoms with E-state index < -0.39 is 0 Å². The Balaban J connectivity index is 1.44. The van der Waals surface area contributed by atoms with Crippen LogP contribution >= 0.6 is 23.2 Å². The van der Waals surface area contributed by atoms with Crippen LogP contribution in [0.4, 0.5) is 0 Å². The van der Waals surface area contributed by atoms with E-state index in [9.17, 15) is 4.79 Å². The summed E-state index contributed by atoms with van der Waals surface area (Å²) in [6, 6.07) is 32.4. The second kappa shape index (κ2) is 10.5. The van der Waals surface area contributed by atoms with Crippen molar-refractivity contribution in [2.45, 2.75) is 31.6 Å². The van der Waals surface area contributed by atoms with Crippen LogP contribution in [-0.2, 0) is 5.41 Å². The minimum atomic E-state index is 0.0886. The molecule has 0 unspecified atom stereocenters. The van der Waals surface area contributed by atoms with Crippen LogP contribution in [0.2, 0.25) is 10.0 Å². The molecule has 4 aromatic rings. The van der Waals surface area contributed by atoms with Crippen LogP contribution in [0.5, 0.6) is 0 Å². The number of hydrogen-bond acceptors (Lipinski definition) is 1. The SMILES string of the molecule is CCC1(c2ccccc2)CCN(C(=O)c2ccc(-c3ccc(Cl)cc3)c(-c3ccc(Cl)cc3)c2)CC1. The number of benzene rings is 4. The van der Waals surface area contributed by atoms with Crippen molar-refractivity contribution in [3.05, 3.63) is 118 Å². The molecule has 4 aromatic carbocycles. The fourth-order valence-electron chi connectivity index (χ4n) is 5.39. The Morgan fingerprint density at radius 2 is 1.31 bits per heavy atom. The lowest BCUT2D eigenvalue weighted by molar-refractivity contribution is 0.0662. The highest BCUT2D eigenvalue weighted by atomic mass is 35.5. The van der Waals surface area contributed by atoms with E-state index >= 15 is 0 Å². The van der Waals surface area contributed by atoms with E-state index in [4.69, 9.17) is 23.2 Å². The first-order valence-corrected chi connectivity index (χ1v) is 13.3. The van der Waals surface area contributed by atoms with Crippen molar-refractivity contribution in [1.29, 1.82) is 0 Å². The quantitative estimate of drug-likeness (QED) is 0.260. The molecule has 1 aliphatic heterocycles. The fourth-order valence-corrected chi connectivity index (χ4v) is 5.64. The number of rotatable bonds is 5. The molecule has 1 aliphatic rings. The number of carbonyl (C=O) groups is 1. The molecule has 1 amide bonds. The van der Waals surface area contributed by atoms with E-state index in [1.54, 1.807) is 0 Å². The van der Waals surface area contributed by atoms with Crippen molar-refractivity contribution < 1.29 is 4.79 Å². The highest BCUT2D eigenvalue weighted by Crippen LogP contribution is 2.39. The van der Waals surface area contributed by atoms with Gasteiger partial charge in [-0.1, -0.05) is 90.8 Å². The number of halogens is 2. The van der Waals surface area contributed by atoms with Crippen LogP contribution in [0.15, 0.2) is 97.1 Å². The van der Waals surface area contributed by atoms with Crippen LogP contribution in [-0.4, -0.2) is 23.9 Å². The number of nitrogens with zero attached hydrogens (tertiary/aromatic N) is 1. The van der Waals surface area contributed by atoms with Gasteiger partial charge in [-0.05, 0) is 88.9 Å². The Hall–Kier alpha value is -3.07. The van der Waals surface area contributed by atoms with Crippen LogP contribution < -0.4 is 0 Å². The molecule has 0 atom stereocenters. The zero-order valence-corrected chi connectivity index (χ0v) is 21.9. The van der Waals surface area contributed by atoms with E-state index in [0.717, 1.165) is 54.6 Å². The molecule has 0 aromatic heterocycles. The van der Waals surface area contributed by atoms with Gasteiger partial charge in [-0.15, -0.1) is 0 Å². The molecule has 1 saturated heterocycles. The van der Waals surface area contributed by atoms with Gasteiger partial charge in [-0.25, -0.2) is 0 Å². The van der Waals surface area contributed by atoms with Gasteiger partial charge in [-0.3, -0.25) is 4.79 Å². The normalized spacial score (nSPS) is 15.0. The average Bonchev–Trinajstić information content (AvgIpc) is 2.94. The predicted molar refractivity (Wildman–Crippen MR) is 151 cm³/mol. The summed E-state index contributed by atoms with van der Waals surface area (Å²) in [6.07, 6.45) is 3.04. The molecule has 182 valence electrons. The molecule has 4 heteroatoms. The maximum Gasteiger partial charge on any atom is 0.253 e. The van der Waals surface area contributed by atoms with Crippen molar-refractivity contribution in [3.63, 3.8) is 0 Å². The van der Waals surface area contributed by atoms with Gasteiger partial charge >= 0.3 is 0 Å². The average molecular weight is 514 g/mol. The van der Waals surface area contributed by atoms with Crippen LogP contribution in [0.3, 0.4) is 0 Å². The van der Waals surface area contributed by atoms with Crippen molar-refractivity contribution in [2.24, 2.45) is 0 Å². The van der Waals surface area contributed by atoms with E-state index in [1.165, 1.54) is 5.56 Å². The van der Waals surface area contributed by atoms with Gasteiger partial charge in [0.1, 0.15) is 0 Å². The summed E-state index contributed by atoms with van der Waals surface area (Å²) >= 11 is 12.3. The Morgan fingerprint density at radius 1 is 0.750 bits per heavy atom. The lowest BCUT2D eigenvalue weighted by Crippen LogP contribution is -2.45. The molecule has 0 spiro atoms. The third-order valence-corrected chi connectivity index (χ3v) is 8.15. The maximum absolute atomic E-state index is 13.7. The second-order valence-corrected chi connectivity index (χ2v) is 10.4. The number of likely N-dealkylation sites (tertiary alicyclic amines) is 1. The molecule has 0 bridgehead atoms. The second-order valence-electron chi connectivity index (χ2n) is 9.57. The first-order chi connectivity index (χ1) is 17.5. The van der Waals surface area contributed by atoms with E-state index in [-0.39, 0.29) is 11.3 Å². The zero-order chi connectivity index (χ0) is 25.1. The Labute approximate surface area is 223 Å². The third-order valence-electron chi connectivity index (χ3n) is 7.65. The van der Waals surface area contributed by atoms with Crippen molar-refractivity contribution in [2.75, 3.05) is 13.1 Å². The summed E-state index contributed by atoms with van der Waals surface area (Å²) < 4.78 is 0. The van der Waals surface area contributed by atoms with Gasteiger partial charge in [0.05, 0.1) is 0 Å². The number of piperidine rings is 1. The molecule has 0 saturated carbocycles. The highest BCUT2D eigenvalue weighted by Gasteiger charge is 2.36. The fraction of sp³-hybridized carbons (Fsp3) is 0.219. The molecule has 36 heavy (non-hydrogen) atoms. The van der Waals surface area contributed by atoms with Crippen molar-refractivity contribution in [3.8, 4) is 22.3 Å². The molecule has 0 N–H and O–H groups in total. The molecule has 5 rings (SSSR count). The largest absolute Gasteiger partial charge is 0.339 e. The van der Waals surface area contributed by atoms with Gasteiger partial charge in [0.15, 0.2) is 0 Å². The first kappa shape index (κ1) is 24.6. The predicted octanol–water partition coefficient (Wildman–Crippen LogP) is 8.91. The maximum atomic E-state index is 13.7. The molecular formula is C32H29Cl2NO. The van der Waals surface area contributed by atoms with E-state index in [1.807, 2.05) is 71.6 Å². The Morgan fingerprint density at radius 3 is 1.86 bits per heavy atom. The minimum absolute atomic E-state index is 0.0886. The Bertz CT molecular complexity index is 1340. The monoisotopic (exact) mass is 513 g/mol. The van der Waals surface area contributed by atoms with Gasteiger partial charge in [0.2, 0.25) is 0 Å². The van der Waals surface area contributed by atoms with Gasteiger partial charge in [0, 0.05) is 28.7 Å². The Kier molecular flexibility index (Phi) is 7.18. The zero-order valence-electron chi connectivity index (χ0n) is 20.4. The van der Waals surface area contributed by atoms with Crippen LogP contribution in [0, 0.1) is 0 Å². The van der Waals surface area contributed by atoms with Crippen LogP contribution in [0.25, 0.3) is 22.3 Å². The number of amides is 1. The molecule has 0 aliphatic carbocycles. The first-order valence-electron chi connectivity index (χ1n) is 12.5. The van der Waals surface area contributed by atoms with Gasteiger partial charge in [0.25, 0.3) is 5.91 Å². The standard InChI is InChI=1S/C32H29Cl2NO/c1-2-32(26-6-4-3-5-7-26)18-20-35(21-19-32)31(36)25-12-17-29(23-8-13-27(33)14-9-23)30(22-25)24-10-15-28(34)16-11-24/h3-17,22H,2,18-21H2,1H3. The van der Waals surface area contributed by atoms with Gasteiger partial charge < -0.3 is 4.90 Å². The summed E-state index contributed by atoms with van der Waals surface area (Å²) in [7, 11) is 0. The van der Waals surface area contributed by atoms with Crippen LogP contribution in [0.1, 0.15) is 42.1 Å². The van der Waals surface area contributed by atoms with Crippen molar-refractivity contribution in [1.82, 2.24) is 4.90 Å². The molecule has 2 nitrogen and oxygen atoms in total. The third kappa shape index (κ3) is 4.93. The van der Waals surface area contributed by atoms with Gasteiger partial charge in [-0.2, -0.15) is 0 Å². The number of carbonyl (C=O) groups excluding carboxylic acids is 1. The minimum Gasteiger partial charge on any atom is -0.339 e.